The lowest BCUT2D eigenvalue weighted by Gasteiger charge is -2.23. The van der Waals surface area contributed by atoms with Gasteiger partial charge in [0.15, 0.2) is 0 Å². The van der Waals surface area contributed by atoms with Crippen LogP contribution in [0, 0.1) is 5.92 Å². The molecule has 12 heavy (non-hydrogen) atoms. The van der Waals surface area contributed by atoms with Crippen molar-refractivity contribution in [3.63, 3.8) is 0 Å². The molecule has 0 aromatic carbocycles. The minimum atomic E-state index is 0.474. The van der Waals surface area contributed by atoms with E-state index in [0.717, 1.165) is 18.9 Å². The van der Waals surface area contributed by atoms with E-state index in [1.54, 1.807) is 0 Å². The largest absolute Gasteiger partial charge is 0.373 e. The lowest BCUT2D eigenvalue weighted by atomic mass is 9.88. The first-order chi connectivity index (χ1) is 5.86. The van der Waals surface area contributed by atoms with Gasteiger partial charge in [-0.2, -0.15) is 0 Å². The van der Waals surface area contributed by atoms with Crippen LogP contribution in [0.2, 0.25) is 0 Å². The third-order valence-electron chi connectivity index (χ3n) is 2.83. The fourth-order valence-corrected chi connectivity index (χ4v) is 2.08. The molecule has 0 radical (unpaired) electrons. The molecule has 2 rings (SSSR count). The summed E-state index contributed by atoms with van der Waals surface area (Å²) in [5, 5.41) is 0. The van der Waals surface area contributed by atoms with Crippen LogP contribution in [-0.4, -0.2) is 12.7 Å². The quantitative estimate of drug-likeness (QED) is 0.541. The van der Waals surface area contributed by atoms with Crippen LogP contribution in [-0.2, 0) is 4.74 Å². The number of hydrogen-bond acceptors (Lipinski definition) is 1. The van der Waals surface area contributed by atoms with E-state index in [-0.39, 0.29) is 0 Å². The molecule has 0 aromatic rings. The molecule has 1 aliphatic heterocycles. The Morgan fingerprint density at radius 2 is 2.33 bits per heavy atom. The number of hydrogen-bond donors (Lipinski definition) is 0. The van der Waals surface area contributed by atoms with Crippen LogP contribution < -0.4 is 0 Å². The van der Waals surface area contributed by atoms with Crippen LogP contribution in [0.4, 0.5) is 0 Å². The summed E-state index contributed by atoms with van der Waals surface area (Å²) in [4.78, 5) is 0. The molecule has 0 amide bonds. The summed E-state index contributed by atoms with van der Waals surface area (Å²) < 4.78 is 5.67. The number of allylic oxidation sites excluding steroid dienone is 2. The average Bonchev–Trinajstić information content (AvgIpc) is 2.54. The zero-order valence-corrected chi connectivity index (χ0v) is 7.46. The molecule has 2 atom stereocenters. The predicted molar refractivity (Wildman–Crippen MR) is 50.0 cm³/mol. The minimum Gasteiger partial charge on any atom is -0.373 e. The van der Waals surface area contributed by atoms with Gasteiger partial charge in [-0.1, -0.05) is 18.7 Å². The molecule has 1 fully saturated rings. The first kappa shape index (κ1) is 8.06. The molecule has 0 bridgehead atoms. The van der Waals surface area contributed by atoms with Crippen molar-refractivity contribution >= 4 is 0 Å². The fraction of sp³-hybridized carbons (Fsp3) is 0.636. The predicted octanol–water partition coefficient (Wildman–Crippen LogP) is 2.69. The van der Waals surface area contributed by atoms with Gasteiger partial charge in [0.2, 0.25) is 0 Å². The summed E-state index contributed by atoms with van der Waals surface area (Å²) in [7, 11) is 0. The zero-order chi connectivity index (χ0) is 8.39. The molecule has 0 aromatic heterocycles. The van der Waals surface area contributed by atoms with E-state index in [0.29, 0.717) is 6.10 Å². The van der Waals surface area contributed by atoms with E-state index < -0.39 is 0 Å². The summed E-state index contributed by atoms with van der Waals surface area (Å²) in [6.07, 6.45) is 9.88. The molecule has 1 heterocycles. The molecule has 1 nitrogen and oxygen atoms in total. The first-order valence-corrected chi connectivity index (χ1v) is 4.79. The third kappa shape index (κ3) is 1.61. The van der Waals surface area contributed by atoms with Crippen molar-refractivity contribution < 1.29 is 4.74 Å². The Morgan fingerprint density at radius 1 is 1.42 bits per heavy atom. The van der Waals surface area contributed by atoms with Crippen LogP contribution >= 0.6 is 0 Å². The normalized spacial score (nSPS) is 35.8. The number of rotatable bonds is 1. The van der Waals surface area contributed by atoms with E-state index in [1.165, 1.54) is 24.8 Å². The zero-order valence-electron chi connectivity index (χ0n) is 7.46. The molecule has 1 saturated heterocycles. The SMILES string of the molecule is C=C1COC(C2CC=CCC2)C1. The van der Waals surface area contributed by atoms with Crippen LogP contribution in [0.5, 0.6) is 0 Å². The highest BCUT2D eigenvalue weighted by molar-refractivity contribution is 5.05. The second-order valence-corrected chi connectivity index (χ2v) is 3.85. The lowest BCUT2D eigenvalue weighted by Crippen LogP contribution is -2.20. The van der Waals surface area contributed by atoms with E-state index >= 15 is 0 Å². The third-order valence-corrected chi connectivity index (χ3v) is 2.83. The summed E-state index contributed by atoms with van der Waals surface area (Å²) in [5.41, 5.74) is 1.27. The molecule has 1 heteroatoms. The second-order valence-electron chi connectivity index (χ2n) is 3.85. The van der Waals surface area contributed by atoms with E-state index in [4.69, 9.17) is 4.74 Å². The van der Waals surface area contributed by atoms with Crippen molar-refractivity contribution in [3.05, 3.63) is 24.3 Å². The topological polar surface area (TPSA) is 9.23 Å². The van der Waals surface area contributed by atoms with Gasteiger partial charge in [-0.3, -0.25) is 0 Å². The van der Waals surface area contributed by atoms with Crippen molar-refractivity contribution in [3.8, 4) is 0 Å². The Morgan fingerprint density at radius 3 is 2.92 bits per heavy atom. The van der Waals surface area contributed by atoms with Crippen molar-refractivity contribution in [1.29, 1.82) is 0 Å². The van der Waals surface area contributed by atoms with Crippen molar-refractivity contribution in [2.45, 2.75) is 31.8 Å². The molecule has 0 saturated carbocycles. The smallest absolute Gasteiger partial charge is 0.0679 e. The Labute approximate surface area is 74.1 Å². The highest BCUT2D eigenvalue weighted by Crippen LogP contribution is 2.31. The summed E-state index contributed by atoms with van der Waals surface area (Å²) in [6.45, 7) is 4.75. The van der Waals surface area contributed by atoms with Crippen LogP contribution in [0.3, 0.4) is 0 Å². The van der Waals surface area contributed by atoms with Crippen LogP contribution in [0.15, 0.2) is 24.3 Å². The molecular formula is C11H16O. The van der Waals surface area contributed by atoms with Crippen LogP contribution in [0.1, 0.15) is 25.7 Å². The summed E-state index contributed by atoms with van der Waals surface area (Å²) >= 11 is 0. The van der Waals surface area contributed by atoms with Gasteiger partial charge in [0.05, 0.1) is 12.7 Å². The maximum Gasteiger partial charge on any atom is 0.0679 e. The molecule has 2 aliphatic rings. The van der Waals surface area contributed by atoms with Crippen molar-refractivity contribution in [1.82, 2.24) is 0 Å². The van der Waals surface area contributed by atoms with E-state index in [1.807, 2.05) is 0 Å². The van der Waals surface area contributed by atoms with E-state index in [9.17, 15) is 0 Å². The maximum absolute atomic E-state index is 5.67. The molecular weight excluding hydrogens is 148 g/mol. The second kappa shape index (κ2) is 3.44. The molecule has 0 spiro atoms. The Balaban J connectivity index is 1.92. The maximum atomic E-state index is 5.67. The average molecular weight is 164 g/mol. The minimum absolute atomic E-state index is 0.474. The number of ether oxygens (including phenoxy) is 1. The van der Waals surface area contributed by atoms with E-state index in [2.05, 4.69) is 18.7 Å². The summed E-state index contributed by atoms with van der Waals surface area (Å²) in [5.74, 6) is 0.759. The Kier molecular flexibility index (Phi) is 2.31. The van der Waals surface area contributed by atoms with Gasteiger partial charge in [0.25, 0.3) is 0 Å². The highest BCUT2D eigenvalue weighted by atomic mass is 16.5. The van der Waals surface area contributed by atoms with Gasteiger partial charge >= 0.3 is 0 Å². The highest BCUT2D eigenvalue weighted by Gasteiger charge is 2.27. The lowest BCUT2D eigenvalue weighted by molar-refractivity contribution is 0.0607. The Bertz CT molecular complexity index is 203. The van der Waals surface area contributed by atoms with Gasteiger partial charge in [0.1, 0.15) is 0 Å². The monoisotopic (exact) mass is 164 g/mol. The van der Waals surface area contributed by atoms with Crippen molar-refractivity contribution in [2.75, 3.05) is 6.61 Å². The molecule has 66 valence electrons. The van der Waals surface area contributed by atoms with Crippen molar-refractivity contribution in [2.24, 2.45) is 5.92 Å². The van der Waals surface area contributed by atoms with Gasteiger partial charge in [-0.15, -0.1) is 0 Å². The van der Waals surface area contributed by atoms with Gasteiger partial charge in [0, 0.05) is 0 Å². The first-order valence-electron chi connectivity index (χ1n) is 4.79. The fourth-order valence-electron chi connectivity index (χ4n) is 2.08. The summed E-state index contributed by atoms with van der Waals surface area (Å²) in [6, 6.07) is 0. The van der Waals surface area contributed by atoms with Crippen LogP contribution in [0.25, 0.3) is 0 Å². The standard InChI is InChI=1S/C11H16O/c1-9-7-11(12-8-9)10-5-3-2-4-6-10/h2-3,10-11H,1,4-8H2. The van der Waals surface area contributed by atoms with Gasteiger partial charge in [-0.05, 0) is 37.2 Å². The molecule has 2 unspecified atom stereocenters. The molecule has 1 aliphatic carbocycles. The van der Waals surface area contributed by atoms with Gasteiger partial charge < -0.3 is 4.74 Å². The Hall–Kier alpha value is -0.560. The molecule has 0 N–H and O–H groups in total. The van der Waals surface area contributed by atoms with Gasteiger partial charge in [-0.25, -0.2) is 0 Å².